The van der Waals surface area contributed by atoms with Crippen molar-refractivity contribution in [1.29, 1.82) is 0 Å². The largest absolute Gasteiger partial charge is 0.275 e. The van der Waals surface area contributed by atoms with Crippen molar-refractivity contribution in [2.75, 3.05) is 14.2 Å². The lowest BCUT2D eigenvalue weighted by Crippen LogP contribution is -2.48. The quantitative estimate of drug-likeness (QED) is 0.740. The fourth-order valence-corrected chi connectivity index (χ4v) is 3.21. The molecule has 130 valence electrons. The van der Waals surface area contributed by atoms with E-state index in [2.05, 4.69) is 20.7 Å². The molecule has 0 aliphatic carbocycles. The zero-order valence-electron chi connectivity index (χ0n) is 14.5. The summed E-state index contributed by atoms with van der Waals surface area (Å²) in [6.07, 6.45) is 0.121. The number of hydrogen-bond acceptors (Lipinski definition) is 3. The van der Waals surface area contributed by atoms with Crippen LogP contribution < -0.4 is 4.72 Å². The minimum Gasteiger partial charge on any atom is -0.275 e. The van der Waals surface area contributed by atoms with E-state index in [0.717, 1.165) is 10.0 Å². The standard InChI is InChI=1S/C16H25BrN2O3S/c1-15(2,3)23(21)18-16(4,11-14(20)19(5)22-6)12-8-7-9-13(17)10-12/h7-10,18H,11H2,1-6H3/t16-,23?/m1/s1. The predicted octanol–water partition coefficient (Wildman–Crippen LogP) is 3.13. The average molecular weight is 405 g/mol. The molecule has 1 rings (SSSR count). The molecule has 7 heteroatoms. The smallest absolute Gasteiger partial charge is 0.248 e. The van der Waals surface area contributed by atoms with Gasteiger partial charge in [-0.1, -0.05) is 28.1 Å². The molecule has 0 saturated heterocycles. The van der Waals surface area contributed by atoms with Gasteiger partial charge >= 0.3 is 0 Å². The third-order valence-electron chi connectivity index (χ3n) is 3.47. The van der Waals surface area contributed by atoms with E-state index in [1.54, 1.807) is 7.05 Å². The van der Waals surface area contributed by atoms with Gasteiger partial charge in [-0.2, -0.15) is 0 Å². The second-order valence-corrected chi connectivity index (χ2v) is 9.46. The number of benzene rings is 1. The van der Waals surface area contributed by atoms with E-state index < -0.39 is 21.3 Å². The van der Waals surface area contributed by atoms with Gasteiger partial charge in [0, 0.05) is 11.5 Å². The molecule has 1 aromatic rings. The van der Waals surface area contributed by atoms with Gasteiger partial charge in [0.1, 0.15) is 0 Å². The van der Waals surface area contributed by atoms with Crippen molar-refractivity contribution in [2.24, 2.45) is 0 Å². The molecule has 0 radical (unpaired) electrons. The van der Waals surface area contributed by atoms with Crippen molar-refractivity contribution in [2.45, 2.75) is 44.4 Å². The molecule has 0 spiro atoms. The Morgan fingerprint density at radius 3 is 2.43 bits per heavy atom. The van der Waals surface area contributed by atoms with Gasteiger partial charge in [-0.15, -0.1) is 0 Å². The van der Waals surface area contributed by atoms with Crippen LogP contribution in [0.3, 0.4) is 0 Å². The van der Waals surface area contributed by atoms with E-state index in [-0.39, 0.29) is 12.3 Å². The van der Waals surface area contributed by atoms with Crippen LogP contribution in [0.4, 0.5) is 0 Å². The van der Waals surface area contributed by atoms with E-state index in [0.29, 0.717) is 0 Å². The summed E-state index contributed by atoms with van der Waals surface area (Å²) in [7, 11) is 1.68. The van der Waals surface area contributed by atoms with Crippen LogP contribution in [-0.2, 0) is 26.2 Å². The Bertz CT molecular complexity index is 589. The molecule has 2 atom stereocenters. The van der Waals surface area contributed by atoms with Gasteiger partial charge in [-0.05, 0) is 45.4 Å². The van der Waals surface area contributed by atoms with Crippen LogP contribution in [0.15, 0.2) is 28.7 Å². The summed E-state index contributed by atoms with van der Waals surface area (Å²) in [6, 6.07) is 7.64. The van der Waals surface area contributed by atoms with Crippen LogP contribution in [-0.4, -0.2) is 34.1 Å². The summed E-state index contributed by atoms with van der Waals surface area (Å²) in [5.74, 6) is -0.201. The zero-order valence-corrected chi connectivity index (χ0v) is 16.9. The summed E-state index contributed by atoms with van der Waals surface area (Å²) < 4.78 is 16.2. The molecular formula is C16H25BrN2O3S. The zero-order chi connectivity index (χ0) is 17.8. The van der Waals surface area contributed by atoms with E-state index in [4.69, 9.17) is 4.84 Å². The Balaban J connectivity index is 3.19. The lowest BCUT2D eigenvalue weighted by atomic mass is 9.89. The minimum atomic E-state index is -1.32. The first-order valence-corrected chi connectivity index (χ1v) is 9.20. The van der Waals surface area contributed by atoms with E-state index in [9.17, 15) is 9.00 Å². The molecule has 0 aliphatic rings. The van der Waals surface area contributed by atoms with Gasteiger partial charge in [0.05, 0.1) is 34.8 Å². The highest BCUT2D eigenvalue weighted by atomic mass is 79.9. The summed E-state index contributed by atoms with van der Waals surface area (Å²) in [6.45, 7) is 7.54. The monoisotopic (exact) mass is 404 g/mol. The third kappa shape index (κ3) is 5.67. The molecule has 0 aromatic heterocycles. The molecule has 0 bridgehead atoms. The summed E-state index contributed by atoms with van der Waals surface area (Å²) in [4.78, 5) is 17.3. The van der Waals surface area contributed by atoms with Crippen LogP contribution in [0.2, 0.25) is 0 Å². The number of amides is 1. The SMILES string of the molecule is CON(C)C(=O)C[C@@](C)(NS(=O)C(C)(C)C)c1cccc(Br)c1. The fraction of sp³-hybridized carbons (Fsp3) is 0.562. The molecule has 0 aliphatic heterocycles. The molecule has 0 heterocycles. The molecule has 1 amide bonds. The number of nitrogens with one attached hydrogen (secondary N) is 1. The maximum Gasteiger partial charge on any atom is 0.248 e. The van der Waals surface area contributed by atoms with Gasteiger partial charge in [-0.3, -0.25) is 9.63 Å². The number of nitrogens with zero attached hydrogens (tertiary/aromatic N) is 1. The lowest BCUT2D eigenvalue weighted by Gasteiger charge is -2.34. The maximum absolute atomic E-state index is 12.6. The fourth-order valence-electron chi connectivity index (χ4n) is 1.90. The van der Waals surface area contributed by atoms with Crippen molar-refractivity contribution in [3.63, 3.8) is 0 Å². The average Bonchev–Trinajstić information content (AvgIpc) is 2.45. The lowest BCUT2D eigenvalue weighted by molar-refractivity contribution is -0.170. The first kappa shape index (κ1) is 20.3. The maximum atomic E-state index is 12.6. The predicted molar refractivity (Wildman–Crippen MR) is 96.9 cm³/mol. The van der Waals surface area contributed by atoms with Gasteiger partial charge in [0.2, 0.25) is 5.91 Å². The Kier molecular flexibility index (Phi) is 6.95. The summed E-state index contributed by atoms with van der Waals surface area (Å²) in [5.41, 5.74) is 0.0912. The van der Waals surface area contributed by atoms with Crippen molar-refractivity contribution >= 4 is 32.8 Å². The van der Waals surface area contributed by atoms with E-state index >= 15 is 0 Å². The van der Waals surface area contributed by atoms with Gasteiger partial charge in [0.15, 0.2) is 0 Å². The van der Waals surface area contributed by atoms with Gasteiger partial charge in [0.25, 0.3) is 0 Å². The number of halogens is 1. The first-order chi connectivity index (χ1) is 10.5. The summed E-state index contributed by atoms with van der Waals surface area (Å²) in [5, 5.41) is 1.18. The topological polar surface area (TPSA) is 58.6 Å². The molecule has 1 N–H and O–H groups in total. The number of carbonyl (C=O) groups excluding carboxylic acids is 1. The molecule has 23 heavy (non-hydrogen) atoms. The van der Waals surface area contributed by atoms with E-state index in [1.807, 2.05) is 52.0 Å². The van der Waals surface area contributed by atoms with Crippen LogP contribution in [0.5, 0.6) is 0 Å². The van der Waals surface area contributed by atoms with Crippen molar-refractivity contribution in [1.82, 2.24) is 9.79 Å². The van der Waals surface area contributed by atoms with Crippen LogP contribution in [0.1, 0.15) is 39.7 Å². The summed E-state index contributed by atoms with van der Waals surface area (Å²) >= 11 is 3.45. The Labute approximate surface area is 149 Å². The molecule has 0 saturated carbocycles. The van der Waals surface area contributed by atoms with Crippen molar-refractivity contribution < 1.29 is 13.8 Å². The number of hydroxylamine groups is 2. The van der Waals surface area contributed by atoms with Crippen LogP contribution in [0.25, 0.3) is 0 Å². The highest BCUT2D eigenvalue weighted by Gasteiger charge is 2.35. The minimum absolute atomic E-state index is 0.121. The Morgan fingerprint density at radius 1 is 1.35 bits per heavy atom. The van der Waals surface area contributed by atoms with Crippen molar-refractivity contribution in [3.05, 3.63) is 34.3 Å². The number of rotatable bonds is 6. The van der Waals surface area contributed by atoms with Crippen molar-refractivity contribution in [3.8, 4) is 0 Å². The second kappa shape index (κ2) is 7.88. The highest BCUT2D eigenvalue weighted by Crippen LogP contribution is 2.29. The van der Waals surface area contributed by atoms with Crippen LogP contribution >= 0.6 is 15.9 Å². The Hall–Kier alpha value is -0.760. The van der Waals surface area contributed by atoms with Gasteiger partial charge < -0.3 is 0 Å². The molecule has 0 fully saturated rings. The Morgan fingerprint density at radius 2 is 1.96 bits per heavy atom. The first-order valence-electron chi connectivity index (χ1n) is 7.26. The normalized spacial score (nSPS) is 15.8. The molecule has 1 aromatic carbocycles. The van der Waals surface area contributed by atoms with Crippen LogP contribution in [0, 0.1) is 0 Å². The third-order valence-corrected chi connectivity index (χ3v) is 5.71. The number of hydrogen-bond donors (Lipinski definition) is 1. The second-order valence-electron chi connectivity index (χ2n) is 6.58. The highest BCUT2D eigenvalue weighted by molar-refractivity contribution is 9.10. The van der Waals surface area contributed by atoms with Gasteiger partial charge in [-0.25, -0.2) is 14.0 Å². The van der Waals surface area contributed by atoms with E-state index in [1.165, 1.54) is 12.2 Å². The molecule has 5 nitrogen and oxygen atoms in total. The molecule has 1 unspecified atom stereocenters. The molecular weight excluding hydrogens is 380 g/mol. The number of carbonyl (C=O) groups is 1.